The molecule has 0 aliphatic carbocycles. The third-order valence-corrected chi connectivity index (χ3v) is 2.77. The molecule has 0 saturated carbocycles. The molecule has 1 aromatic rings. The molecule has 0 spiro atoms. The number of alkyl carbamates (subject to hydrolysis) is 1. The standard InChI is InChI=1S/C17H24FNO3/c1-5-13-6-8-15(9-7-13)21-12-14(10-18)11-19-16(20)22-17(2,3)4/h6-10H,5,11-12H2,1-4H3,(H,19,20). The van der Waals surface area contributed by atoms with E-state index in [1.54, 1.807) is 20.8 Å². The molecule has 0 unspecified atom stereocenters. The van der Waals surface area contributed by atoms with Crippen molar-refractivity contribution in [2.75, 3.05) is 13.2 Å². The van der Waals surface area contributed by atoms with Crippen molar-refractivity contribution in [1.29, 1.82) is 0 Å². The van der Waals surface area contributed by atoms with E-state index in [-0.39, 0.29) is 13.2 Å². The molecule has 0 heterocycles. The van der Waals surface area contributed by atoms with Gasteiger partial charge in [-0.2, -0.15) is 0 Å². The van der Waals surface area contributed by atoms with E-state index in [0.29, 0.717) is 17.7 Å². The summed E-state index contributed by atoms with van der Waals surface area (Å²) in [4.78, 5) is 11.5. The molecule has 1 N–H and O–H groups in total. The summed E-state index contributed by atoms with van der Waals surface area (Å²) in [6.07, 6.45) is 0.812. The van der Waals surface area contributed by atoms with Crippen LogP contribution in [0, 0.1) is 0 Å². The van der Waals surface area contributed by atoms with E-state index in [2.05, 4.69) is 12.2 Å². The second-order valence-corrected chi connectivity index (χ2v) is 5.91. The van der Waals surface area contributed by atoms with Gasteiger partial charge in [-0.25, -0.2) is 9.18 Å². The number of nitrogens with one attached hydrogen (secondary N) is 1. The molecule has 1 aromatic carbocycles. The van der Waals surface area contributed by atoms with E-state index >= 15 is 0 Å². The van der Waals surface area contributed by atoms with Gasteiger partial charge >= 0.3 is 6.09 Å². The molecule has 0 aromatic heterocycles. The molecule has 0 aliphatic heterocycles. The summed E-state index contributed by atoms with van der Waals surface area (Å²) in [7, 11) is 0. The number of hydrogen-bond acceptors (Lipinski definition) is 3. The summed E-state index contributed by atoms with van der Waals surface area (Å²) in [5, 5.41) is 2.50. The zero-order valence-corrected chi connectivity index (χ0v) is 13.6. The normalized spacial score (nSPS) is 12.0. The van der Waals surface area contributed by atoms with E-state index in [0.717, 1.165) is 6.42 Å². The van der Waals surface area contributed by atoms with Crippen LogP contribution in [0.2, 0.25) is 0 Å². The lowest BCUT2D eigenvalue weighted by Gasteiger charge is -2.20. The van der Waals surface area contributed by atoms with E-state index in [1.807, 2.05) is 24.3 Å². The third kappa shape index (κ3) is 7.11. The van der Waals surface area contributed by atoms with Crippen LogP contribution in [0.1, 0.15) is 33.3 Å². The summed E-state index contributed by atoms with van der Waals surface area (Å²) in [6, 6.07) is 7.62. The number of benzene rings is 1. The molecule has 4 nitrogen and oxygen atoms in total. The van der Waals surface area contributed by atoms with Gasteiger partial charge in [0.15, 0.2) is 0 Å². The first kappa shape index (κ1) is 18.0. The number of amides is 1. The van der Waals surface area contributed by atoms with Crippen LogP contribution in [0.3, 0.4) is 0 Å². The lowest BCUT2D eigenvalue weighted by molar-refractivity contribution is 0.0531. The Hall–Kier alpha value is -2.04. The fraction of sp³-hybridized carbons (Fsp3) is 0.471. The fourth-order valence-corrected chi connectivity index (χ4v) is 1.62. The first-order valence-electron chi connectivity index (χ1n) is 7.30. The van der Waals surface area contributed by atoms with Crippen molar-refractivity contribution in [2.24, 2.45) is 0 Å². The number of rotatable bonds is 6. The quantitative estimate of drug-likeness (QED) is 0.864. The Morgan fingerprint density at radius 2 is 1.91 bits per heavy atom. The van der Waals surface area contributed by atoms with Gasteiger partial charge in [-0.05, 0) is 44.9 Å². The predicted octanol–water partition coefficient (Wildman–Crippen LogP) is 4.01. The first-order valence-corrected chi connectivity index (χ1v) is 7.30. The first-order chi connectivity index (χ1) is 10.3. The van der Waals surface area contributed by atoms with Crippen LogP contribution in [0.15, 0.2) is 36.2 Å². The molecule has 0 bridgehead atoms. The Morgan fingerprint density at radius 3 is 2.41 bits per heavy atom. The summed E-state index contributed by atoms with van der Waals surface area (Å²) < 4.78 is 23.4. The number of halogens is 1. The van der Waals surface area contributed by atoms with Crippen LogP contribution in [-0.2, 0) is 11.2 Å². The molecular formula is C17H24FNO3. The SMILES string of the molecule is CCc1ccc(OCC(=CF)CNC(=O)OC(C)(C)C)cc1. The van der Waals surface area contributed by atoms with Gasteiger partial charge in [0.05, 0.1) is 6.33 Å². The number of aryl methyl sites for hydroxylation is 1. The van der Waals surface area contributed by atoms with Crippen LogP contribution in [0.5, 0.6) is 5.75 Å². The largest absolute Gasteiger partial charge is 0.489 e. The minimum Gasteiger partial charge on any atom is -0.489 e. The molecule has 22 heavy (non-hydrogen) atoms. The number of carbonyl (C=O) groups excluding carboxylic acids is 1. The maximum Gasteiger partial charge on any atom is 0.407 e. The van der Waals surface area contributed by atoms with Crippen LogP contribution in [-0.4, -0.2) is 24.8 Å². The number of ether oxygens (including phenoxy) is 2. The van der Waals surface area contributed by atoms with Crippen LogP contribution >= 0.6 is 0 Å². The van der Waals surface area contributed by atoms with Gasteiger partial charge in [0.25, 0.3) is 0 Å². The summed E-state index contributed by atoms with van der Waals surface area (Å²) in [5.74, 6) is 0.661. The molecule has 0 fully saturated rings. The van der Waals surface area contributed by atoms with Gasteiger partial charge < -0.3 is 14.8 Å². The smallest absolute Gasteiger partial charge is 0.407 e. The summed E-state index contributed by atoms with van der Waals surface area (Å²) >= 11 is 0. The Kier molecular flexibility index (Phi) is 6.89. The maximum atomic E-state index is 12.8. The van der Waals surface area contributed by atoms with Crippen molar-refractivity contribution in [3.8, 4) is 5.75 Å². The highest BCUT2D eigenvalue weighted by Crippen LogP contribution is 2.13. The summed E-state index contributed by atoms with van der Waals surface area (Å²) in [5.41, 5.74) is 0.951. The zero-order chi connectivity index (χ0) is 16.6. The molecule has 0 atom stereocenters. The van der Waals surface area contributed by atoms with E-state index in [1.165, 1.54) is 5.56 Å². The van der Waals surface area contributed by atoms with Gasteiger partial charge in [0.1, 0.15) is 18.0 Å². The fourth-order valence-electron chi connectivity index (χ4n) is 1.62. The molecule has 0 aliphatic rings. The minimum atomic E-state index is -0.584. The average Bonchev–Trinajstić information content (AvgIpc) is 2.46. The topological polar surface area (TPSA) is 47.6 Å². The number of hydrogen-bond donors (Lipinski definition) is 1. The molecular weight excluding hydrogens is 285 g/mol. The second-order valence-electron chi connectivity index (χ2n) is 5.91. The predicted molar refractivity (Wildman–Crippen MR) is 84.7 cm³/mol. The Balaban J connectivity index is 2.40. The van der Waals surface area contributed by atoms with Gasteiger partial charge in [-0.3, -0.25) is 0 Å². The van der Waals surface area contributed by atoms with Crippen molar-refractivity contribution in [3.63, 3.8) is 0 Å². The van der Waals surface area contributed by atoms with Crippen molar-refractivity contribution in [1.82, 2.24) is 5.32 Å². The maximum absolute atomic E-state index is 12.8. The Morgan fingerprint density at radius 1 is 1.27 bits per heavy atom. The minimum absolute atomic E-state index is 0.0401. The van der Waals surface area contributed by atoms with Crippen molar-refractivity contribution in [3.05, 3.63) is 41.7 Å². The van der Waals surface area contributed by atoms with Gasteiger partial charge in [0, 0.05) is 12.1 Å². The molecule has 122 valence electrons. The van der Waals surface area contributed by atoms with Gasteiger partial charge in [0.2, 0.25) is 0 Å². The molecule has 0 saturated heterocycles. The average molecular weight is 309 g/mol. The van der Waals surface area contributed by atoms with E-state index in [4.69, 9.17) is 9.47 Å². The third-order valence-electron chi connectivity index (χ3n) is 2.77. The highest BCUT2D eigenvalue weighted by molar-refractivity contribution is 5.68. The Bertz CT molecular complexity index is 504. The summed E-state index contributed by atoms with van der Waals surface area (Å²) in [6.45, 7) is 7.48. The molecule has 1 rings (SSSR count). The second kappa shape index (κ2) is 8.41. The van der Waals surface area contributed by atoms with Crippen molar-refractivity contribution in [2.45, 2.75) is 39.7 Å². The highest BCUT2D eigenvalue weighted by Gasteiger charge is 2.16. The molecule has 5 heteroatoms. The lowest BCUT2D eigenvalue weighted by Crippen LogP contribution is -2.34. The molecule has 0 radical (unpaired) electrons. The Labute approximate surface area is 131 Å². The van der Waals surface area contributed by atoms with Gasteiger partial charge in [-0.1, -0.05) is 19.1 Å². The zero-order valence-electron chi connectivity index (χ0n) is 13.6. The lowest BCUT2D eigenvalue weighted by atomic mass is 10.2. The highest BCUT2D eigenvalue weighted by atomic mass is 19.1. The van der Waals surface area contributed by atoms with E-state index in [9.17, 15) is 9.18 Å². The van der Waals surface area contributed by atoms with Crippen LogP contribution in [0.25, 0.3) is 0 Å². The van der Waals surface area contributed by atoms with Crippen molar-refractivity contribution >= 4 is 6.09 Å². The molecule has 1 amide bonds. The monoisotopic (exact) mass is 309 g/mol. The van der Waals surface area contributed by atoms with Crippen LogP contribution in [0.4, 0.5) is 9.18 Å². The van der Waals surface area contributed by atoms with Crippen LogP contribution < -0.4 is 10.1 Å². The number of carbonyl (C=O) groups is 1. The van der Waals surface area contributed by atoms with E-state index < -0.39 is 11.7 Å². The van der Waals surface area contributed by atoms with Gasteiger partial charge in [-0.15, -0.1) is 0 Å². The van der Waals surface area contributed by atoms with Crippen molar-refractivity contribution < 1.29 is 18.7 Å².